The Morgan fingerprint density at radius 3 is 2.36 bits per heavy atom. The van der Waals surface area contributed by atoms with Gasteiger partial charge in [0.25, 0.3) is 0 Å². The predicted octanol–water partition coefficient (Wildman–Crippen LogP) is 5.76. The Balaban J connectivity index is 1.97. The smallest absolute Gasteiger partial charge is 0.178 e. The number of nitrogens with zero attached hydrogens (tertiary/aromatic N) is 2. The van der Waals surface area contributed by atoms with Crippen LogP contribution in [-0.4, -0.2) is 17.0 Å². The molecule has 0 fully saturated rings. The van der Waals surface area contributed by atoms with Gasteiger partial charge in [-0.15, -0.1) is 0 Å². The lowest BCUT2D eigenvalue weighted by atomic mass is 9.95. The summed E-state index contributed by atoms with van der Waals surface area (Å²) in [6, 6.07) is 19.5. The predicted molar refractivity (Wildman–Crippen MR) is 102 cm³/mol. The minimum absolute atomic E-state index is 0.151. The quantitative estimate of drug-likeness (QED) is 0.424. The maximum Gasteiger partial charge on any atom is 0.178 e. The lowest BCUT2D eigenvalue weighted by molar-refractivity contribution is 0.0983. The van der Waals surface area contributed by atoms with Crippen LogP contribution in [0.2, 0.25) is 10.0 Å². The minimum atomic E-state index is -0.628. The van der Waals surface area contributed by atoms with Crippen molar-refractivity contribution >= 4 is 40.9 Å². The van der Waals surface area contributed by atoms with Gasteiger partial charge < -0.3 is 0 Å². The summed E-state index contributed by atoms with van der Waals surface area (Å²) in [4.78, 5) is 21.7. The van der Waals surface area contributed by atoms with E-state index in [1.165, 1.54) is 0 Å². The van der Waals surface area contributed by atoms with E-state index in [0.717, 1.165) is 0 Å². The fourth-order valence-electron chi connectivity index (χ4n) is 2.35. The topological polar surface area (TPSA) is 42.3 Å². The van der Waals surface area contributed by atoms with E-state index in [4.69, 9.17) is 23.2 Å². The van der Waals surface area contributed by atoms with Gasteiger partial charge in [0.2, 0.25) is 0 Å². The number of ketones is 1. The monoisotopic (exact) mass is 368 g/mol. The molecule has 3 nitrogen and oxygen atoms in total. The first-order valence-electron chi connectivity index (χ1n) is 7.64. The molecule has 0 spiro atoms. The lowest BCUT2D eigenvalue weighted by Crippen LogP contribution is -2.16. The van der Waals surface area contributed by atoms with Crippen molar-refractivity contribution in [3.05, 3.63) is 94.2 Å². The van der Waals surface area contributed by atoms with Crippen molar-refractivity contribution in [3.8, 4) is 0 Å². The fraction of sp³-hybridized carbons (Fsp3) is 0.0500. The van der Waals surface area contributed by atoms with Crippen LogP contribution in [0.25, 0.3) is 0 Å². The number of benzene rings is 2. The second-order valence-corrected chi connectivity index (χ2v) is 6.17. The summed E-state index contributed by atoms with van der Waals surface area (Å²) >= 11 is 12.1. The number of hydrogen-bond acceptors (Lipinski definition) is 3. The van der Waals surface area contributed by atoms with Crippen LogP contribution < -0.4 is 0 Å². The summed E-state index contributed by atoms with van der Waals surface area (Å²) in [6.07, 6.45) is 3.25. The molecule has 1 atom stereocenters. The van der Waals surface area contributed by atoms with E-state index >= 15 is 0 Å². The molecule has 2 aromatic carbocycles. The summed E-state index contributed by atoms with van der Waals surface area (Å²) in [5.41, 5.74) is 1.77. The fourth-order valence-corrected chi connectivity index (χ4v) is 2.71. The zero-order chi connectivity index (χ0) is 17.6. The van der Waals surface area contributed by atoms with Gasteiger partial charge >= 0.3 is 0 Å². The van der Waals surface area contributed by atoms with Crippen molar-refractivity contribution in [3.63, 3.8) is 0 Å². The molecule has 1 heterocycles. The van der Waals surface area contributed by atoms with E-state index in [2.05, 4.69) is 9.98 Å². The first-order valence-corrected chi connectivity index (χ1v) is 8.40. The standard InChI is InChI=1S/C20H14Cl2N2O/c21-14-8-10-15(11-9-14)24-13-17(19-7-3-4-12-23-19)20(25)16-5-1-2-6-18(16)22/h1-13,17H. The third-order valence-corrected chi connectivity index (χ3v) is 4.21. The summed E-state index contributed by atoms with van der Waals surface area (Å²) in [5.74, 6) is -0.779. The van der Waals surface area contributed by atoms with Gasteiger partial charge in [-0.3, -0.25) is 14.8 Å². The average Bonchev–Trinajstić information content (AvgIpc) is 2.64. The number of aromatic nitrogens is 1. The Kier molecular flexibility index (Phi) is 5.59. The SMILES string of the molecule is O=C(c1ccccc1Cl)C(C=Nc1ccc(Cl)cc1)c1ccccn1. The van der Waals surface area contributed by atoms with Gasteiger partial charge in [-0.2, -0.15) is 0 Å². The van der Waals surface area contributed by atoms with Gasteiger partial charge in [0, 0.05) is 23.0 Å². The third-order valence-electron chi connectivity index (χ3n) is 3.63. The first kappa shape index (κ1) is 17.3. The molecule has 0 aliphatic carbocycles. The number of carbonyl (C=O) groups is 1. The summed E-state index contributed by atoms with van der Waals surface area (Å²) in [6.45, 7) is 0. The second kappa shape index (κ2) is 8.06. The molecule has 124 valence electrons. The van der Waals surface area contributed by atoms with E-state index in [9.17, 15) is 4.79 Å². The number of aliphatic imine (C=N–C) groups is 1. The maximum atomic E-state index is 13.0. The van der Waals surface area contributed by atoms with Gasteiger partial charge in [0.1, 0.15) is 0 Å². The molecule has 0 amide bonds. The molecule has 0 bridgehead atoms. The Hall–Kier alpha value is -2.49. The van der Waals surface area contributed by atoms with Crippen LogP contribution in [0.5, 0.6) is 0 Å². The Labute approximate surface area is 156 Å². The molecule has 25 heavy (non-hydrogen) atoms. The second-order valence-electron chi connectivity index (χ2n) is 5.33. The molecule has 1 aromatic heterocycles. The molecule has 3 rings (SSSR count). The number of pyridine rings is 1. The van der Waals surface area contributed by atoms with Crippen LogP contribution in [0.15, 0.2) is 77.9 Å². The van der Waals surface area contributed by atoms with Crippen molar-refractivity contribution < 1.29 is 4.79 Å². The van der Waals surface area contributed by atoms with Crippen molar-refractivity contribution in [2.24, 2.45) is 4.99 Å². The highest BCUT2D eigenvalue weighted by atomic mass is 35.5. The van der Waals surface area contributed by atoms with Crippen molar-refractivity contribution in [1.82, 2.24) is 4.98 Å². The van der Waals surface area contributed by atoms with Crippen molar-refractivity contribution in [1.29, 1.82) is 0 Å². The number of Topliss-reactive ketones (excluding diaryl/α,β-unsaturated/α-hetero) is 1. The minimum Gasteiger partial charge on any atom is -0.293 e. The Morgan fingerprint density at radius 2 is 1.68 bits per heavy atom. The molecular formula is C20H14Cl2N2O. The summed E-state index contributed by atoms with van der Waals surface area (Å²) in [7, 11) is 0. The maximum absolute atomic E-state index is 13.0. The molecule has 0 aliphatic heterocycles. The molecule has 5 heteroatoms. The highest BCUT2D eigenvalue weighted by molar-refractivity contribution is 6.34. The van der Waals surface area contributed by atoms with Gasteiger partial charge in [0.15, 0.2) is 5.78 Å². The first-order chi connectivity index (χ1) is 12.1. The Bertz CT molecular complexity index is 893. The van der Waals surface area contributed by atoms with E-state index in [0.29, 0.717) is 27.0 Å². The van der Waals surface area contributed by atoms with Crippen molar-refractivity contribution in [2.45, 2.75) is 5.92 Å². The number of hydrogen-bond donors (Lipinski definition) is 0. The van der Waals surface area contributed by atoms with Gasteiger partial charge in [0.05, 0.1) is 22.3 Å². The highest BCUT2D eigenvalue weighted by Crippen LogP contribution is 2.24. The number of carbonyl (C=O) groups excluding carboxylic acids is 1. The molecule has 0 saturated carbocycles. The normalized spacial score (nSPS) is 12.2. The van der Waals surface area contributed by atoms with Crippen LogP contribution >= 0.6 is 23.2 Å². The zero-order valence-electron chi connectivity index (χ0n) is 13.1. The lowest BCUT2D eigenvalue weighted by Gasteiger charge is -2.12. The summed E-state index contributed by atoms with van der Waals surface area (Å²) < 4.78 is 0. The van der Waals surface area contributed by atoms with Crippen LogP contribution in [-0.2, 0) is 0 Å². The number of rotatable bonds is 5. The Morgan fingerprint density at radius 1 is 0.960 bits per heavy atom. The highest BCUT2D eigenvalue weighted by Gasteiger charge is 2.23. The van der Waals surface area contributed by atoms with E-state index in [1.54, 1.807) is 73.1 Å². The van der Waals surface area contributed by atoms with Crippen molar-refractivity contribution in [2.75, 3.05) is 0 Å². The molecule has 3 aromatic rings. The van der Waals surface area contributed by atoms with E-state index < -0.39 is 5.92 Å². The van der Waals surface area contributed by atoms with Crippen LogP contribution in [0.4, 0.5) is 5.69 Å². The van der Waals surface area contributed by atoms with Gasteiger partial charge in [-0.05, 0) is 48.5 Å². The zero-order valence-corrected chi connectivity index (χ0v) is 14.7. The number of halogens is 2. The van der Waals surface area contributed by atoms with E-state index in [1.807, 2.05) is 6.07 Å². The summed E-state index contributed by atoms with van der Waals surface area (Å²) in [5, 5.41) is 1.04. The van der Waals surface area contributed by atoms with E-state index in [-0.39, 0.29) is 5.78 Å². The van der Waals surface area contributed by atoms with Gasteiger partial charge in [-0.25, -0.2) is 0 Å². The molecule has 0 saturated heterocycles. The van der Waals surface area contributed by atoms with Crippen LogP contribution in [0.1, 0.15) is 22.0 Å². The molecular weight excluding hydrogens is 355 g/mol. The average molecular weight is 369 g/mol. The molecule has 0 N–H and O–H groups in total. The molecule has 1 unspecified atom stereocenters. The third kappa shape index (κ3) is 4.32. The van der Waals surface area contributed by atoms with Gasteiger partial charge in [-0.1, -0.05) is 41.4 Å². The largest absolute Gasteiger partial charge is 0.293 e. The molecule has 0 radical (unpaired) electrons. The van der Waals surface area contributed by atoms with Crippen LogP contribution in [0, 0.1) is 0 Å². The molecule has 0 aliphatic rings. The van der Waals surface area contributed by atoms with Crippen LogP contribution in [0.3, 0.4) is 0 Å².